The van der Waals surface area contributed by atoms with E-state index < -0.39 is 0 Å². The number of nitrogens with one attached hydrogen (secondary N) is 1. The van der Waals surface area contributed by atoms with Crippen LogP contribution in [0.25, 0.3) is 28.2 Å². The van der Waals surface area contributed by atoms with Crippen molar-refractivity contribution in [2.45, 2.75) is 0 Å². The van der Waals surface area contributed by atoms with Crippen LogP contribution >= 0.6 is 0 Å². The molecule has 29 heavy (non-hydrogen) atoms. The summed E-state index contributed by atoms with van der Waals surface area (Å²) in [5, 5.41) is 7.21. The zero-order valence-corrected chi connectivity index (χ0v) is 15.3. The third-order valence-corrected chi connectivity index (χ3v) is 4.53. The molecular formula is C23H16N4O2. The Kier molecular flexibility index (Phi) is 4.14. The van der Waals surface area contributed by atoms with Crippen LogP contribution in [0.15, 0.2) is 95.5 Å². The molecule has 3 aromatic carbocycles. The zero-order valence-electron chi connectivity index (χ0n) is 15.3. The first-order chi connectivity index (χ1) is 14.3. The number of nitrogens with zero attached hydrogens (tertiary/aromatic N) is 3. The van der Waals surface area contributed by atoms with E-state index in [0.717, 1.165) is 22.4 Å². The molecule has 0 saturated heterocycles. The van der Waals surface area contributed by atoms with E-state index >= 15 is 0 Å². The summed E-state index contributed by atoms with van der Waals surface area (Å²) in [5.74, 6) is 0.278. The van der Waals surface area contributed by atoms with Gasteiger partial charge >= 0.3 is 0 Å². The molecule has 0 aliphatic carbocycles. The summed E-state index contributed by atoms with van der Waals surface area (Å²) in [4.78, 5) is 17.0. The lowest BCUT2D eigenvalue weighted by Gasteiger charge is -2.04. The largest absolute Gasteiger partial charge is 0.436 e. The van der Waals surface area contributed by atoms with Crippen molar-refractivity contribution >= 4 is 22.7 Å². The fourth-order valence-electron chi connectivity index (χ4n) is 3.06. The second kappa shape index (κ2) is 7.09. The fraction of sp³-hybridized carbons (Fsp3) is 0. The molecule has 0 aliphatic heterocycles. The Morgan fingerprint density at radius 1 is 0.862 bits per heavy atom. The van der Waals surface area contributed by atoms with Gasteiger partial charge in [-0.2, -0.15) is 5.10 Å². The molecule has 6 heteroatoms. The van der Waals surface area contributed by atoms with Crippen molar-refractivity contribution in [3.63, 3.8) is 0 Å². The molecule has 0 spiro atoms. The van der Waals surface area contributed by atoms with Gasteiger partial charge in [-0.05, 0) is 54.6 Å². The van der Waals surface area contributed by atoms with Crippen LogP contribution in [-0.2, 0) is 0 Å². The molecule has 140 valence electrons. The summed E-state index contributed by atoms with van der Waals surface area (Å²) in [6.45, 7) is 0. The van der Waals surface area contributed by atoms with Crippen molar-refractivity contribution in [1.29, 1.82) is 0 Å². The SMILES string of the molecule is O=C(Nc1ccc(-c2nc3ccccc3o2)cc1)c1ccn(-c2ccccc2)n1. The van der Waals surface area contributed by atoms with E-state index in [1.807, 2.05) is 78.9 Å². The molecule has 1 amide bonds. The molecule has 0 saturated carbocycles. The van der Waals surface area contributed by atoms with E-state index in [0.29, 0.717) is 17.3 Å². The predicted octanol–water partition coefficient (Wildman–Crippen LogP) is 4.93. The Labute approximate surface area is 166 Å². The number of rotatable bonds is 4. The summed E-state index contributed by atoms with van der Waals surface area (Å²) < 4.78 is 7.45. The average molecular weight is 380 g/mol. The van der Waals surface area contributed by atoms with E-state index in [1.54, 1.807) is 16.9 Å². The van der Waals surface area contributed by atoms with Crippen molar-refractivity contribution in [1.82, 2.24) is 14.8 Å². The van der Waals surface area contributed by atoms with E-state index in [-0.39, 0.29) is 5.91 Å². The number of aromatic nitrogens is 3. The van der Waals surface area contributed by atoms with Gasteiger partial charge in [-0.3, -0.25) is 4.79 Å². The van der Waals surface area contributed by atoms with Crippen molar-refractivity contribution in [2.24, 2.45) is 0 Å². The van der Waals surface area contributed by atoms with Gasteiger partial charge in [-0.25, -0.2) is 9.67 Å². The first-order valence-corrected chi connectivity index (χ1v) is 9.15. The molecule has 1 N–H and O–H groups in total. The normalized spacial score (nSPS) is 10.9. The minimum Gasteiger partial charge on any atom is -0.436 e. The van der Waals surface area contributed by atoms with Crippen LogP contribution in [-0.4, -0.2) is 20.7 Å². The van der Waals surface area contributed by atoms with Crippen LogP contribution < -0.4 is 5.32 Å². The van der Waals surface area contributed by atoms with E-state index in [2.05, 4.69) is 15.4 Å². The van der Waals surface area contributed by atoms with Crippen molar-refractivity contribution in [3.05, 3.63) is 96.8 Å². The Balaban J connectivity index is 1.32. The molecule has 5 rings (SSSR count). The summed E-state index contributed by atoms with van der Waals surface area (Å²) in [6.07, 6.45) is 1.76. The van der Waals surface area contributed by atoms with Crippen LogP contribution in [0.1, 0.15) is 10.5 Å². The highest BCUT2D eigenvalue weighted by atomic mass is 16.3. The average Bonchev–Trinajstić information content (AvgIpc) is 3.42. The molecule has 0 radical (unpaired) electrons. The van der Waals surface area contributed by atoms with Gasteiger partial charge in [0, 0.05) is 17.4 Å². The molecule has 2 aromatic heterocycles. The molecular weight excluding hydrogens is 364 g/mol. The Morgan fingerprint density at radius 3 is 2.41 bits per heavy atom. The maximum absolute atomic E-state index is 12.5. The van der Waals surface area contributed by atoms with E-state index in [4.69, 9.17) is 4.42 Å². The highest BCUT2D eigenvalue weighted by Gasteiger charge is 2.12. The first kappa shape index (κ1) is 16.9. The fourth-order valence-corrected chi connectivity index (χ4v) is 3.06. The van der Waals surface area contributed by atoms with Crippen molar-refractivity contribution in [2.75, 3.05) is 5.32 Å². The minimum absolute atomic E-state index is 0.269. The smallest absolute Gasteiger partial charge is 0.276 e. The highest BCUT2D eigenvalue weighted by molar-refractivity contribution is 6.02. The number of carbonyl (C=O) groups excluding carboxylic acids is 1. The van der Waals surface area contributed by atoms with E-state index in [9.17, 15) is 4.79 Å². The van der Waals surface area contributed by atoms with Crippen LogP contribution in [0.3, 0.4) is 0 Å². The van der Waals surface area contributed by atoms with Gasteiger partial charge in [0.1, 0.15) is 5.52 Å². The van der Waals surface area contributed by atoms with Crippen LogP contribution in [0.2, 0.25) is 0 Å². The highest BCUT2D eigenvalue weighted by Crippen LogP contribution is 2.25. The molecule has 0 aliphatic rings. The Hall–Kier alpha value is -4.19. The van der Waals surface area contributed by atoms with Gasteiger partial charge in [0.15, 0.2) is 11.3 Å². The van der Waals surface area contributed by atoms with Crippen LogP contribution in [0, 0.1) is 0 Å². The van der Waals surface area contributed by atoms with Crippen molar-refractivity contribution < 1.29 is 9.21 Å². The van der Waals surface area contributed by atoms with Crippen LogP contribution in [0.5, 0.6) is 0 Å². The van der Waals surface area contributed by atoms with Gasteiger partial charge in [0.05, 0.1) is 5.69 Å². The number of anilines is 1. The quantitative estimate of drug-likeness (QED) is 0.480. The first-order valence-electron chi connectivity index (χ1n) is 9.15. The monoisotopic (exact) mass is 380 g/mol. The molecule has 0 atom stereocenters. The van der Waals surface area contributed by atoms with Gasteiger partial charge < -0.3 is 9.73 Å². The molecule has 2 heterocycles. The third-order valence-electron chi connectivity index (χ3n) is 4.53. The van der Waals surface area contributed by atoms with Gasteiger partial charge in [0.2, 0.25) is 5.89 Å². The van der Waals surface area contributed by atoms with E-state index in [1.165, 1.54) is 0 Å². The molecule has 5 aromatic rings. The molecule has 0 unspecified atom stereocenters. The summed E-state index contributed by atoms with van der Waals surface area (Å²) >= 11 is 0. The second-order valence-corrected chi connectivity index (χ2v) is 6.50. The van der Waals surface area contributed by atoms with Gasteiger partial charge in [-0.15, -0.1) is 0 Å². The standard InChI is InChI=1S/C23H16N4O2/c28-22(20-14-15-27(26-20)18-6-2-1-3-7-18)24-17-12-10-16(11-13-17)23-25-19-8-4-5-9-21(19)29-23/h1-15H,(H,24,28). The topological polar surface area (TPSA) is 73.0 Å². The number of benzene rings is 3. The Bertz CT molecular complexity index is 1250. The lowest BCUT2D eigenvalue weighted by Crippen LogP contribution is -2.13. The third kappa shape index (κ3) is 3.39. The summed E-state index contributed by atoms with van der Waals surface area (Å²) in [6, 6.07) is 26.3. The van der Waals surface area contributed by atoms with Gasteiger partial charge in [0.25, 0.3) is 5.91 Å². The van der Waals surface area contributed by atoms with Crippen LogP contribution in [0.4, 0.5) is 5.69 Å². The molecule has 0 fully saturated rings. The summed E-state index contributed by atoms with van der Waals surface area (Å²) in [7, 11) is 0. The number of hydrogen-bond acceptors (Lipinski definition) is 4. The number of amides is 1. The number of hydrogen-bond donors (Lipinski definition) is 1. The number of oxazole rings is 1. The second-order valence-electron chi connectivity index (χ2n) is 6.50. The molecule has 0 bridgehead atoms. The predicted molar refractivity (Wildman–Crippen MR) is 111 cm³/mol. The summed E-state index contributed by atoms with van der Waals surface area (Å²) in [5.41, 5.74) is 4.31. The zero-order chi connectivity index (χ0) is 19.6. The maximum atomic E-state index is 12.5. The Morgan fingerprint density at radius 2 is 1.62 bits per heavy atom. The number of fused-ring (bicyclic) bond motifs is 1. The lowest BCUT2D eigenvalue weighted by atomic mass is 10.2. The number of para-hydroxylation sites is 3. The number of carbonyl (C=O) groups is 1. The van der Waals surface area contributed by atoms with Crippen molar-refractivity contribution in [3.8, 4) is 17.1 Å². The molecule has 6 nitrogen and oxygen atoms in total. The maximum Gasteiger partial charge on any atom is 0.276 e. The van der Waals surface area contributed by atoms with Gasteiger partial charge in [-0.1, -0.05) is 30.3 Å². The lowest BCUT2D eigenvalue weighted by molar-refractivity contribution is 0.102. The minimum atomic E-state index is -0.269.